The molecule has 5 nitrogen and oxygen atoms in total. The van der Waals surface area contributed by atoms with Crippen LogP contribution >= 0.6 is 0 Å². The van der Waals surface area contributed by atoms with E-state index in [9.17, 15) is 0 Å². The SMILES string of the molecule is CCNC(C)c1cc(C)ccc1OCc1ncnn1C. The van der Waals surface area contributed by atoms with Crippen molar-refractivity contribution in [1.82, 2.24) is 20.1 Å². The van der Waals surface area contributed by atoms with Crippen LogP contribution < -0.4 is 10.1 Å². The predicted molar refractivity (Wildman–Crippen MR) is 78.6 cm³/mol. The Labute approximate surface area is 120 Å². The number of hydrogen-bond acceptors (Lipinski definition) is 4. The zero-order valence-corrected chi connectivity index (χ0v) is 12.6. The van der Waals surface area contributed by atoms with Gasteiger partial charge < -0.3 is 10.1 Å². The standard InChI is InChI=1S/C15H22N4O/c1-5-16-12(3)13-8-11(2)6-7-14(13)20-9-15-17-10-18-19(15)4/h6-8,10,12,16H,5,9H2,1-4H3. The number of hydrogen-bond donors (Lipinski definition) is 1. The first kappa shape index (κ1) is 14.5. The first-order chi connectivity index (χ1) is 9.61. The van der Waals surface area contributed by atoms with Crippen molar-refractivity contribution in [3.8, 4) is 5.75 Å². The molecule has 1 heterocycles. The van der Waals surface area contributed by atoms with Crippen molar-refractivity contribution in [1.29, 1.82) is 0 Å². The van der Waals surface area contributed by atoms with Gasteiger partial charge in [-0.2, -0.15) is 5.10 Å². The molecular weight excluding hydrogens is 252 g/mol. The van der Waals surface area contributed by atoms with Crippen molar-refractivity contribution in [2.45, 2.75) is 33.4 Å². The van der Waals surface area contributed by atoms with Gasteiger partial charge in [-0.3, -0.25) is 4.68 Å². The van der Waals surface area contributed by atoms with E-state index < -0.39 is 0 Å². The second-order valence-electron chi connectivity index (χ2n) is 4.91. The van der Waals surface area contributed by atoms with E-state index in [1.807, 2.05) is 13.1 Å². The summed E-state index contributed by atoms with van der Waals surface area (Å²) in [4.78, 5) is 4.17. The summed E-state index contributed by atoms with van der Waals surface area (Å²) in [5.41, 5.74) is 2.41. The molecule has 0 bridgehead atoms. The van der Waals surface area contributed by atoms with Gasteiger partial charge >= 0.3 is 0 Å². The highest BCUT2D eigenvalue weighted by atomic mass is 16.5. The molecule has 0 saturated heterocycles. The van der Waals surface area contributed by atoms with E-state index in [1.165, 1.54) is 17.5 Å². The van der Waals surface area contributed by atoms with Crippen LogP contribution in [0.15, 0.2) is 24.5 Å². The Bertz CT molecular complexity index is 565. The predicted octanol–water partition coefficient (Wildman–Crippen LogP) is 2.37. The molecule has 0 saturated carbocycles. The number of nitrogens with one attached hydrogen (secondary N) is 1. The molecule has 1 unspecified atom stereocenters. The zero-order chi connectivity index (χ0) is 14.5. The van der Waals surface area contributed by atoms with E-state index >= 15 is 0 Å². The molecule has 1 N–H and O–H groups in total. The summed E-state index contributed by atoms with van der Waals surface area (Å²) >= 11 is 0. The average Bonchev–Trinajstić information content (AvgIpc) is 2.83. The molecule has 1 aromatic carbocycles. The average molecular weight is 274 g/mol. The molecule has 0 amide bonds. The Morgan fingerprint density at radius 2 is 2.20 bits per heavy atom. The molecule has 0 fully saturated rings. The topological polar surface area (TPSA) is 52.0 Å². The van der Waals surface area contributed by atoms with Gasteiger partial charge in [0.05, 0.1) is 0 Å². The lowest BCUT2D eigenvalue weighted by atomic mass is 10.0. The fourth-order valence-electron chi connectivity index (χ4n) is 2.15. The smallest absolute Gasteiger partial charge is 0.164 e. The van der Waals surface area contributed by atoms with Crippen LogP contribution in [0.3, 0.4) is 0 Å². The molecule has 5 heteroatoms. The van der Waals surface area contributed by atoms with Crippen molar-refractivity contribution >= 4 is 0 Å². The molecule has 0 aliphatic heterocycles. The van der Waals surface area contributed by atoms with Gasteiger partial charge in [0.2, 0.25) is 0 Å². The van der Waals surface area contributed by atoms with Crippen molar-refractivity contribution in [3.63, 3.8) is 0 Å². The van der Waals surface area contributed by atoms with Crippen molar-refractivity contribution in [3.05, 3.63) is 41.5 Å². The maximum atomic E-state index is 5.92. The monoisotopic (exact) mass is 274 g/mol. The quantitative estimate of drug-likeness (QED) is 0.878. The lowest BCUT2D eigenvalue weighted by Crippen LogP contribution is -2.19. The molecule has 0 radical (unpaired) electrons. The summed E-state index contributed by atoms with van der Waals surface area (Å²) in [6.45, 7) is 7.69. The second kappa shape index (κ2) is 6.52. The molecule has 20 heavy (non-hydrogen) atoms. The first-order valence-corrected chi connectivity index (χ1v) is 6.91. The van der Waals surface area contributed by atoms with E-state index in [-0.39, 0.29) is 6.04 Å². The highest BCUT2D eigenvalue weighted by Crippen LogP contribution is 2.26. The fourth-order valence-corrected chi connectivity index (χ4v) is 2.15. The molecule has 1 atom stereocenters. The van der Waals surface area contributed by atoms with Gasteiger partial charge in [-0.05, 0) is 26.5 Å². The number of benzene rings is 1. The number of aryl methyl sites for hydroxylation is 2. The van der Waals surface area contributed by atoms with Crippen LogP contribution in [0.25, 0.3) is 0 Å². The third-order valence-electron chi connectivity index (χ3n) is 3.30. The maximum Gasteiger partial charge on any atom is 0.164 e. The van der Waals surface area contributed by atoms with E-state index in [4.69, 9.17) is 4.74 Å². The van der Waals surface area contributed by atoms with Crippen molar-refractivity contribution in [2.75, 3.05) is 6.54 Å². The number of nitrogens with zero attached hydrogens (tertiary/aromatic N) is 3. The van der Waals surface area contributed by atoms with Crippen LogP contribution in [-0.4, -0.2) is 21.3 Å². The summed E-state index contributed by atoms with van der Waals surface area (Å²) < 4.78 is 7.65. The Morgan fingerprint density at radius 3 is 2.85 bits per heavy atom. The summed E-state index contributed by atoms with van der Waals surface area (Å²) in [6, 6.07) is 6.51. The fraction of sp³-hybridized carbons (Fsp3) is 0.467. The molecule has 2 rings (SSSR count). The van der Waals surface area contributed by atoms with E-state index in [2.05, 4.69) is 48.3 Å². The molecule has 108 valence electrons. The van der Waals surface area contributed by atoms with Crippen LogP contribution in [0.2, 0.25) is 0 Å². The highest BCUT2D eigenvalue weighted by molar-refractivity contribution is 5.39. The minimum Gasteiger partial charge on any atom is -0.485 e. The Morgan fingerprint density at radius 1 is 1.40 bits per heavy atom. The minimum absolute atomic E-state index is 0.259. The van der Waals surface area contributed by atoms with Gasteiger partial charge in [0.15, 0.2) is 5.82 Å². The summed E-state index contributed by atoms with van der Waals surface area (Å²) in [5, 5.41) is 7.46. The molecule has 0 spiro atoms. The Hall–Kier alpha value is -1.88. The van der Waals surface area contributed by atoms with Crippen LogP contribution in [0, 0.1) is 6.92 Å². The molecule has 0 aliphatic carbocycles. The van der Waals surface area contributed by atoms with Gasteiger partial charge in [-0.1, -0.05) is 24.6 Å². The third-order valence-corrected chi connectivity index (χ3v) is 3.30. The summed E-state index contributed by atoms with van der Waals surface area (Å²) in [7, 11) is 1.86. The Kier molecular flexibility index (Phi) is 4.74. The second-order valence-corrected chi connectivity index (χ2v) is 4.91. The largest absolute Gasteiger partial charge is 0.485 e. The Balaban J connectivity index is 2.16. The van der Waals surface area contributed by atoms with Crippen LogP contribution in [0.1, 0.15) is 36.8 Å². The minimum atomic E-state index is 0.259. The lowest BCUT2D eigenvalue weighted by molar-refractivity contribution is 0.284. The summed E-state index contributed by atoms with van der Waals surface area (Å²) in [6.07, 6.45) is 1.54. The van der Waals surface area contributed by atoms with Crippen molar-refractivity contribution in [2.24, 2.45) is 7.05 Å². The number of aromatic nitrogens is 3. The van der Waals surface area contributed by atoms with Crippen LogP contribution in [-0.2, 0) is 13.7 Å². The summed E-state index contributed by atoms with van der Waals surface area (Å²) in [5.74, 6) is 1.71. The van der Waals surface area contributed by atoms with Crippen LogP contribution in [0.4, 0.5) is 0 Å². The first-order valence-electron chi connectivity index (χ1n) is 6.91. The molecule has 0 aliphatic rings. The normalized spacial score (nSPS) is 12.4. The van der Waals surface area contributed by atoms with Gasteiger partial charge in [-0.15, -0.1) is 0 Å². The van der Waals surface area contributed by atoms with Crippen molar-refractivity contribution < 1.29 is 4.74 Å². The van der Waals surface area contributed by atoms with E-state index in [0.29, 0.717) is 6.61 Å². The van der Waals surface area contributed by atoms with Gasteiger partial charge in [0.25, 0.3) is 0 Å². The third kappa shape index (κ3) is 3.36. The van der Waals surface area contributed by atoms with Gasteiger partial charge in [0.1, 0.15) is 18.7 Å². The maximum absolute atomic E-state index is 5.92. The van der Waals surface area contributed by atoms with Crippen LogP contribution in [0.5, 0.6) is 5.75 Å². The molecular formula is C15H22N4O. The zero-order valence-electron chi connectivity index (χ0n) is 12.6. The van der Waals surface area contributed by atoms with Gasteiger partial charge in [-0.25, -0.2) is 4.98 Å². The van der Waals surface area contributed by atoms with E-state index in [0.717, 1.165) is 18.1 Å². The number of ether oxygens (including phenoxy) is 1. The molecule has 2 aromatic rings. The number of rotatable bonds is 6. The highest BCUT2D eigenvalue weighted by Gasteiger charge is 2.12. The van der Waals surface area contributed by atoms with E-state index in [1.54, 1.807) is 4.68 Å². The lowest BCUT2D eigenvalue weighted by Gasteiger charge is -2.18. The molecule has 1 aromatic heterocycles. The van der Waals surface area contributed by atoms with Gasteiger partial charge in [0, 0.05) is 18.7 Å².